The Morgan fingerprint density at radius 1 is 0.900 bits per heavy atom. The van der Waals surface area contributed by atoms with Gasteiger partial charge in [-0.3, -0.25) is 0 Å². The second-order valence-electron chi connectivity index (χ2n) is 4.80. The van der Waals surface area contributed by atoms with Gasteiger partial charge in [0.25, 0.3) is 0 Å². The van der Waals surface area contributed by atoms with E-state index in [4.69, 9.17) is 23.2 Å². The van der Waals surface area contributed by atoms with Crippen molar-refractivity contribution in [2.24, 2.45) is 0 Å². The van der Waals surface area contributed by atoms with E-state index in [-0.39, 0.29) is 0 Å². The molecule has 1 N–H and O–H groups in total. The van der Waals surface area contributed by atoms with Crippen LogP contribution in [0.4, 0.5) is 0 Å². The Hall–Kier alpha value is -1.02. The fraction of sp³-hybridized carbons (Fsp3) is 0.294. The number of nitrogens with one attached hydrogen (secondary N) is 1. The quantitative estimate of drug-likeness (QED) is 0.744. The van der Waals surface area contributed by atoms with Crippen LogP contribution in [0.25, 0.3) is 11.1 Å². The summed E-state index contributed by atoms with van der Waals surface area (Å²) in [7, 11) is 0. The fourth-order valence-electron chi connectivity index (χ4n) is 2.37. The summed E-state index contributed by atoms with van der Waals surface area (Å²) in [5.41, 5.74) is 3.49. The monoisotopic (exact) mass is 307 g/mol. The highest BCUT2D eigenvalue weighted by Crippen LogP contribution is 2.28. The molecule has 2 aromatic rings. The molecule has 0 aromatic heterocycles. The predicted molar refractivity (Wildman–Crippen MR) is 88.6 cm³/mol. The van der Waals surface area contributed by atoms with Crippen LogP contribution in [0.1, 0.15) is 31.9 Å². The van der Waals surface area contributed by atoms with Crippen LogP contribution in [0.2, 0.25) is 10.0 Å². The lowest BCUT2D eigenvalue weighted by Gasteiger charge is -2.16. The smallest absolute Gasteiger partial charge is 0.0426 e. The van der Waals surface area contributed by atoms with Crippen molar-refractivity contribution in [3.63, 3.8) is 0 Å². The second-order valence-corrected chi connectivity index (χ2v) is 5.67. The average molecular weight is 308 g/mol. The van der Waals surface area contributed by atoms with Gasteiger partial charge in [0.15, 0.2) is 0 Å². The number of hydrogen-bond donors (Lipinski definition) is 1. The van der Waals surface area contributed by atoms with Crippen LogP contribution in [0, 0.1) is 0 Å². The van der Waals surface area contributed by atoms with E-state index >= 15 is 0 Å². The lowest BCUT2D eigenvalue weighted by Crippen LogP contribution is -2.19. The first-order chi connectivity index (χ1) is 9.63. The maximum atomic E-state index is 6.05. The normalized spacial score (nSPS) is 12.4. The van der Waals surface area contributed by atoms with Crippen molar-refractivity contribution in [2.45, 2.75) is 26.3 Å². The summed E-state index contributed by atoms with van der Waals surface area (Å²) in [5, 5.41) is 4.81. The summed E-state index contributed by atoms with van der Waals surface area (Å²) in [4.78, 5) is 0. The third-order valence-corrected chi connectivity index (χ3v) is 3.80. The zero-order valence-electron chi connectivity index (χ0n) is 11.8. The topological polar surface area (TPSA) is 12.0 Å². The molecule has 1 unspecified atom stereocenters. The van der Waals surface area contributed by atoms with Crippen molar-refractivity contribution in [3.05, 3.63) is 58.1 Å². The summed E-state index contributed by atoms with van der Waals surface area (Å²) >= 11 is 12.1. The van der Waals surface area contributed by atoms with Gasteiger partial charge < -0.3 is 5.32 Å². The van der Waals surface area contributed by atoms with Gasteiger partial charge in [0, 0.05) is 16.1 Å². The van der Waals surface area contributed by atoms with Gasteiger partial charge in [-0.1, -0.05) is 61.3 Å². The number of halogens is 2. The van der Waals surface area contributed by atoms with Crippen LogP contribution >= 0.6 is 23.2 Å². The van der Waals surface area contributed by atoms with E-state index in [1.165, 1.54) is 5.56 Å². The molecule has 0 bridgehead atoms. The van der Waals surface area contributed by atoms with Gasteiger partial charge >= 0.3 is 0 Å². The van der Waals surface area contributed by atoms with E-state index in [0.717, 1.165) is 24.1 Å². The molecule has 20 heavy (non-hydrogen) atoms. The molecule has 106 valence electrons. The molecule has 1 atom stereocenters. The third kappa shape index (κ3) is 3.76. The van der Waals surface area contributed by atoms with Crippen LogP contribution in [0.5, 0.6) is 0 Å². The van der Waals surface area contributed by atoms with Crippen LogP contribution in [0.3, 0.4) is 0 Å². The molecule has 2 rings (SSSR count). The summed E-state index contributed by atoms with van der Waals surface area (Å²) < 4.78 is 0. The summed E-state index contributed by atoms with van der Waals surface area (Å²) in [6, 6.07) is 14.6. The van der Waals surface area contributed by atoms with Gasteiger partial charge in [0.1, 0.15) is 0 Å². The lowest BCUT2D eigenvalue weighted by molar-refractivity contribution is 0.537. The van der Waals surface area contributed by atoms with Crippen LogP contribution in [0.15, 0.2) is 42.5 Å². The molecular weight excluding hydrogens is 289 g/mol. The first-order valence-corrected chi connectivity index (χ1v) is 7.69. The molecule has 0 radical (unpaired) electrons. The number of benzene rings is 2. The van der Waals surface area contributed by atoms with E-state index in [9.17, 15) is 0 Å². The molecule has 2 aromatic carbocycles. The zero-order valence-corrected chi connectivity index (χ0v) is 13.3. The van der Waals surface area contributed by atoms with Crippen LogP contribution < -0.4 is 5.32 Å². The van der Waals surface area contributed by atoms with Gasteiger partial charge in [-0.15, -0.1) is 0 Å². The van der Waals surface area contributed by atoms with E-state index in [1.54, 1.807) is 6.07 Å². The molecule has 3 heteroatoms. The molecule has 0 aliphatic heterocycles. The van der Waals surface area contributed by atoms with Crippen molar-refractivity contribution in [3.8, 4) is 11.1 Å². The fourth-order valence-corrected chi connectivity index (χ4v) is 2.90. The first kappa shape index (κ1) is 15.4. The molecule has 0 aliphatic carbocycles. The third-order valence-electron chi connectivity index (χ3n) is 3.37. The van der Waals surface area contributed by atoms with Crippen molar-refractivity contribution in [1.82, 2.24) is 5.32 Å². The highest BCUT2D eigenvalue weighted by molar-refractivity contribution is 6.35. The average Bonchev–Trinajstić information content (AvgIpc) is 2.44. The molecule has 0 aliphatic rings. The summed E-state index contributed by atoms with van der Waals surface area (Å²) in [6.07, 6.45) is 1.08. The molecule has 0 fully saturated rings. The van der Waals surface area contributed by atoms with E-state index in [2.05, 4.69) is 43.4 Å². The SMILES string of the molecule is CCNC(CC)c1ccc(-c2cc(Cl)cc(Cl)c2)cc1. The molecule has 0 saturated carbocycles. The first-order valence-electron chi connectivity index (χ1n) is 6.93. The van der Waals surface area contributed by atoms with Gasteiger partial charge in [-0.2, -0.15) is 0 Å². The van der Waals surface area contributed by atoms with E-state index in [0.29, 0.717) is 16.1 Å². The molecule has 0 spiro atoms. The van der Waals surface area contributed by atoms with Crippen molar-refractivity contribution in [1.29, 1.82) is 0 Å². The molecule has 1 nitrogen and oxygen atoms in total. The Balaban J connectivity index is 2.27. The maximum Gasteiger partial charge on any atom is 0.0426 e. The summed E-state index contributed by atoms with van der Waals surface area (Å²) in [6.45, 7) is 5.30. The summed E-state index contributed by atoms with van der Waals surface area (Å²) in [5.74, 6) is 0. The van der Waals surface area contributed by atoms with E-state index < -0.39 is 0 Å². The van der Waals surface area contributed by atoms with Gasteiger partial charge in [0.2, 0.25) is 0 Å². The highest BCUT2D eigenvalue weighted by Gasteiger charge is 2.08. The highest BCUT2D eigenvalue weighted by atomic mass is 35.5. The minimum absolute atomic E-state index is 0.414. The van der Waals surface area contributed by atoms with Crippen molar-refractivity contribution in [2.75, 3.05) is 6.54 Å². The Kier molecular flexibility index (Phi) is 5.47. The number of hydrogen-bond acceptors (Lipinski definition) is 1. The molecule has 0 heterocycles. The van der Waals surface area contributed by atoms with Gasteiger partial charge in [0.05, 0.1) is 0 Å². The molecule has 0 amide bonds. The minimum atomic E-state index is 0.414. The zero-order chi connectivity index (χ0) is 14.5. The Morgan fingerprint density at radius 3 is 2.00 bits per heavy atom. The van der Waals surface area contributed by atoms with Gasteiger partial charge in [-0.25, -0.2) is 0 Å². The Morgan fingerprint density at radius 2 is 1.50 bits per heavy atom. The molecular formula is C17H19Cl2N. The van der Waals surface area contributed by atoms with Crippen LogP contribution in [-0.2, 0) is 0 Å². The van der Waals surface area contributed by atoms with Crippen molar-refractivity contribution >= 4 is 23.2 Å². The number of rotatable bonds is 5. The molecule has 0 saturated heterocycles. The standard InChI is InChI=1S/C17H19Cl2N/c1-3-17(20-4-2)13-7-5-12(6-8-13)14-9-15(18)11-16(19)10-14/h5-11,17,20H,3-4H2,1-2H3. The Labute approximate surface area is 130 Å². The maximum absolute atomic E-state index is 6.05. The van der Waals surface area contributed by atoms with E-state index in [1.807, 2.05) is 12.1 Å². The predicted octanol–water partition coefficient (Wildman–Crippen LogP) is 5.72. The van der Waals surface area contributed by atoms with Gasteiger partial charge in [-0.05, 0) is 47.9 Å². The minimum Gasteiger partial charge on any atom is -0.310 e. The van der Waals surface area contributed by atoms with Crippen LogP contribution in [-0.4, -0.2) is 6.54 Å². The Bertz CT molecular complexity index is 543. The van der Waals surface area contributed by atoms with Crippen molar-refractivity contribution < 1.29 is 0 Å². The largest absolute Gasteiger partial charge is 0.310 e. The second kappa shape index (κ2) is 7.12. The lowest BCUT2D eigenvalue weighted by atomic mass is 9.99.